The Balaban J connectivity index is 2.80. The molecule has 1 aromatic rings. The maximum atomic E-state index is 11.6. The van der Waals surface area contributed by atoms with E-state index in [-0.39, 0.29) is 0 Å². The van der Waals surface area contributed by atoms with Crippen molar-refractivity contribution in [1.29, 1.82) is 0 Å². The number of aliphatic carboxylic acids is 1. The van der Waals surface area contributed by atoms with Gasteiger partial charge in [-0.15, -0.1) is 0 Å². The number of amides is 2. The predicted molar refractivity (Wildman–Crippen MR) is 80.2 cm³/mol. The number of carboxylic acid groups (broad SMARTS) is 1. The zero-order chi connectivity index (χ0) is 14.6. The van der Waals surface area contributed by atoms with E-state index in [4.69, 9.17) is 10.2 Å². The lowest BCUT2D eigenvalue weighted by molar-refractivity contribution is -0.140. The van der Waals surface area contributed by atoms with Gasteiger partial charge in [0, 0.05) is 13.4 Å². The molecule has 4 N–H and O–H groups in total. The Morgan fingerprint density at radius 2 is 1.74 bits per heavy atom. The van der Waals surface area contributed by atoms with Crippen molar-refractivity contribution < 1.29 is 19.8 Å². The highest BCUT2D eigenvalue weighted by Crippen LogP contribution is 2.34. The monoisotopic (exact) mass is 458 g/mol. The smallest absolute Gasteiger partial charge is 0.328 e. The van der Waals surface area contributed by atoms with Crippen molar-refractivity contribution >= 4 is 65.5 Å². The lowest BCUT2D eigenvalue weighted by atomic mass is 10.3. The molecule has 19 heavy (non-hydrogen) atoms. The van der Waals surface area contributed by atoms with Crippen LogP contribution in [0.3, 0.4) is 0 Å². The molecule has 0 aliphatic rings. The van der Waals surface area contributed by atoms with Gasteiger partial charge >= 0.3 is 12.0 Å². The van der Waals surface area contributed by atoms with E-state index in [1.54, 1.807) is 12.1 Å². The Bertz CT molecular complexity index is 487. The van der Waals surface area contributed by atoms with Crippen LogP contribution in [0, 0.1) is 0 Å². The molecule has 0 spiro atoms. The number of hydrogen-bond acceptors (Lipinski definition) is 3. The molecular weight excluding hydrogens is 452 g/mol. The Morgan fingerprint density at radius 1 is 1.21 bits per heavy atom. The standard InChI is InChI=1S/C10H9Br3N2O4/c11-4-1-5(12)8(6(13)2-4)15-10(19)14-7(3-16)9(17)18/h1-2,7,16H,3H2,(H,17,18)(H2,14,15,19). The second-order valence-corrected chi connectivity index (χ2v) is 6.04. The van der Waals surface area contributed by atoms with Gasteiger partial charge in [0.1, 0.15) is 0 Å². The summed E-state index contributed by atoms with van der Waals surface area (Å²) in [6.45, 7) is -0.689. The molecule has 0 heterocycles. The number of halogens is 3. The van der Waals surface area contributed by atoms with Gasteiger partial charge in [-0.2, -0.15) is 0 Å². The van der Waals surface area contributed by atoms with Crippen LogP contribution in [0.25, 0.3) is 0 Å². The number of nitrogens with one attached hydrogen (secondary N) is 2. The zero-order valence-corrected chi connectivity index (χ0v) is 14.0. The van der Waals surface area contributed by atoms with Crippen molar-refractivity contribution in [3.63, 3.8) is 0 Å². The van der Waals surface area contributed by atoms with E-state index in [9.17, 15) is 9.59 Å². The number of carbonyl (C=O) groups excluding carboxylic acids is 1. The topological polar surface area (TPSA) is 98.7 Å². The number of urea groups is 1. The van der Waals surface area contributed by atoms with E-state index in [0.29, 0.717) is 14.6 Å². The number of rotatable bonds is 4. The third-order valence-corrected chi connectivity index (χ3v) is 3.74. The summed E-state index contributed by atoms with van der Waals surface area (Å²) in [4.78, 5) is 22.3. The van der Waals surface area contributed by atoms with Gasteiger partial charge < -0.3 is 20.8 Å². The van der Waals surface area contributed by atoms with Crippen molar-refractivity contribution in [2.45, 2.75) is 6.04 Å². The third-order valence-electron chi connectivity index (χ3n) is 2.03. The van der Waals surface area contributed by atoms with Crippen LogP contribution in [0.5, 0.6) is 0 Å². The highest BCUT2D eigenvalue weighted by atomic mass is 79.9. The minimum absolute atomic E-state index is 0.447. The number of aliphatic hydroxyl groups excluding tert-OH is 1. The first kappa shape index (κ1) is 16.4. The molecule has 104 valence electrons. The molecule has 1 unspecified atom stereocenters. The molecular formula is C10H9Br3N2O4. The maximum absolute atomic E-state index is 11.6. The van der Waals surface area contributed by atoms with Crippen LogP contribution in [0.1, 0.15) is 0 Å². The second-order valence-electron chi connectivity index (χ2n) is 3.42. The molecule has 0 bridgehead atoms. The Kier molecular flexibility index (Phi) is 6.24. The lowest BCUT2D eigenvalue weighted by Crippen LogP contribution is -2.45. The number of benzene rings is 1. The summed E-state index contributed by atoms with van der Waals surface area (Å²) < 4.78 is 2.02. The van der Waals surface area contributed by atoms with E-state index >= 15 is 0 Å². The van der Waals surface area contributed by atoms with Crippen molar-refractivity contribution in [2.24, 2.45) is 0 Å². The van der Waals surface area contributed by atoms with Crippen LogP contribution in [0.4, 0.5) is 10.5 Å². The number of anilines is 1. The summed E-state index contributed by atoms with van der Waals surface area (Å²) in [6, 6.07) is 1.36. The van der Waals surface area contributed by atoms with Crippen LogP contribution >= 0.6 is 47.8 Å². The molecule has 1 aromatic carbocycles. The lowest BCUT2D eigenvalue weighted by Gasteiger charge is -2.14. The first-order valence-electron chi connectivity index (χ1n) is 4.91. The largest absolute Gasteiger partial charge is 0.480 e. The first-order chi connectivity index (χ1) is 8.85. The fourth-order valence-electron chi connectivity index (χ4n) is 1.15. The van der Waals surface area contributed by atoms with Gasteiger partial charge in [-0.3, -0.25) is 0 Å². The highest BCUT2D eigenvalue weighted by molar-refractivity contribution is 9.11. The van der Waals surface area contributed by atoms with Crippen LogP contribution in [-0.4, -0.2) is 34.9 Å². The molecule has 0 saturated carbocycles. The summed E-state index contributed by atoms with van der Waals surface area (Å²) in [5.74, 6) is -1.31. The van der Waals surface area contributed by atoms with Gasteiger partial charge in [-0.1, -0.05) is 15.9 Å². The van der Waals surface area contributed by atoms with E-state index in [2.05, 4.69) is 58.4 Å². The van der Waals surface area contributed by atoms with Gasteiger partial charge in [-0.05, 0) is 44.0 Å². The summed E-state index contributed by atoms with van der Waals surface area (Å²) in [5.41, 5.74) is 0.447. The molecule has 0 aliphatic carbocycles. The normalized spacial score (nSPS) is 11.8. The van der Waals surface area contributed by atoms with Crippen molar-refractivity contribution in [3.05, 3.63) is 25.6 Å². The van der Waals surface area contributed by atoms with Gasteiger partial charge in [0.25, 0.3) is 0 Å². The molecule has 2 amide bonds. The minimum atomic E-state index is -1.35. The molecule has 0 aliphatic heterocycles. The maximum Gasteiger partial charge on any atom is 0.328 e. The molecule has 0 radical (unpaired) electrons. The summed E-state index contributed by atoms with van der Waals surface area (Å²) in [5, 5.41) is 22.1. The number of aliphatic hydroxyl groups is 1. The van der Waals surface area contributed by atoms with Crippen LogP contribution < -0.4 is 10.6 Å². The molecule has 9 heteroatoms. The first-order valence-corrected chi connectivity index (χ1v) is 7.28. The van der Waals surface area contributed by atoms with Crippen molar-refractivity contribution in [1.82, 2.24) is 5.32 Å². The van der Waals surface area contributed by atoms with Crippen molar-refractivity contribution in [2.75, 3.05) is 11.9 Å². The van der Waals surface area contributed by atoms with Gasteiger partial charge in [0.2, 0.25) is 0 Å². The minimum Gasteiger partial charge on any atom is -0.480 e. The number of carbonyl (C=O) groups is 2. The van der Waals surface area contributed by atoms with Crippen LogP contribution in [0.2, 0.25) is 0 Å². The van der Waals surface area contributed by atoms with E-state index in [0.717, 1.165) is 4.47 Å². The average molecular weight is 461 g/mol. The summed E-state index contributed by atoms with van der Waals surface area (Å²) in [6.07, 6.45) is 0. The van der Waals surface area contributed by atoms with Crippen molar-refractivity contribution in [3.8, 4) is 0 Å². The Morgan fingerprint density at radius 3 is 2.16 bits per heavy atom. The summed E-state index contributed by atoms with van der Waals surface area (Å²) in [7, 11) is 0. The Labute approximate surface area is 134 Å². The van der Waals surface area contributed by atoms with Crippen LogP contribution in [0.15, 0.2) is 25.6 Å². The fourth-order valence-corrected chi connectivity index (χ4v) is 3.61. The fraction of sp³-hybridized carbons (Fsp3) is 0.200. The number of carboxylic acids is 1. The van der Waals surface area contributed by atoms with Gasteiger partial charge in [0.15, 0.2) is 6.04 Å². The third kappa shape index (κ3) is 4.75. The molecule has 1 rings (SSSR count). The molecule has 0 saturated heterocycles. The van der Waals surface area contributed by atoms with E-state index in [1.165, 1.54) is 0 Å². The predicted octanol–water partition coefficient (Wildman–Crippen LogP) is 2.54. The summed E-state index contributed by atoms with van der Waals surface area (Å²) >= 11 is 9.83. The average Bonchev–Trinajstić information content (AvgIpc) is 2.30. The molecule has 0 fully saturated rings. The number of hydrogen-bond donors (Lipinski definition) is 4. The Hall–Kier alpha value is -0.640. The molecule has 6 nitrogen and oxygen atoms in total. The highest BCUT2D eigenvalue weighted by Gasteiger charge is 2.19. The van der Waals surface area contributed by atoms with E-state index in [1.807, 2.05) is 0 Å². The van der Waals surface area contributed by atoms with Gasteiger partial charge in [0.05, 0.1) is 12.3 Å². The zero-order valence-electron chi connectivity index (χ0n) is 9.28. The molecule has 1 atom stereocenters. The quantitative estimate of drug-likeness (QED) is 0.555. The van der Waals surface area contributed by atoms with Crippen LogP contribution in [-0.2, 0) is 4.79 Å². The molecule has 0 aromatic heterocycles. The van der Waals surface area contributed by atoms with Gasteiger partial charge in [-0.25, -0.2) is 9.59 Å². The second kappa shape index (κ2) is 7.22. The van der Waals surface area contributed by atoms with E-state index < -0.39 is 24.6 Å². The SMILES string of the molecule is O=C(Nc1c(Br)cc(Br)cc1Br)NC(CO)C(=O)O.